The Hall–Kier alpha value is -2.28. The van der Waals surface area contributed by atoms with Crippen LogP contribution in [0.3, 0.4) is 0 Å². The fourth-order valence-corrected chi connectivity index (χ4v) is 3.87. The van der Waals surface area contributed by atoms with Crippen molar-refractivity contribution < 1.29 is 14.6 Å². The second-order valence-corrected chi connectivity index (χ2v) is 8.34. The first-order chi connectivity index (χ1) is 15.0. The number of aldehydes is 1. The molecule has 7 heteroatoms. The number of anilines is 1. The van der Waals surface area contributed by atoms with Gasteiger partial charge in [-0.2, -0.15) is 0 Å². The monoisotopic (exact) mass is 460 g/mol. The molecule has 2 rings (SSSR count). The van der Waals surface area contributed by atoms with Crippen molar-refractivity contribution in [2.45, 2.75) is 26.7 Å². The van der Waals surface area contributed by atoms with Gasteiger partial charge in [0, 0.05) is 32.3 Å². The van der Waals surface area contributed by atoms with Crippen LogP contribution in [0.2, 0.25) is 5.02 Å². The number of ether oxygens (including phenoxy) is 1. The molecular weight excluding hydrogens is 432 g/mol. The Balaban J connectivity index is 2.24. The number of carbonyl (C=O) groups excluding carboxylic acids is 1. The SMILES string of the molecule is CCC/N=C(\S/C(C=O)=C\c1ccc(OCCCO)c(Cl)c1)N(C)c1ccccc1C. The highest BCUT2D eigenvalue weighted by Gasteiger charge is 2.14. The summed E-state index contributed by atoms with van der Waals surface area (Å²) in [6.07, 6.45) is 4.07. The molecule has 0 radical (unpaired) electrons. The van der Waals surface area contributed by atoms with Gasteiger partial charge in [-0.25, -0.2) is 0 Å². The molecule has 31 heavy (non-hydrogen) atoms. The van der Waals surface area contributed by atoms with E-state index in [1.54, 1.807) is 18.2 Å². The summed E-state index contributed by atoms with van der Waals surface area (Å²) in [5.74, 6) is 0.553. The number of aliphatic hydroxyl groups is 1. The van der Waals surface area contributed by atoms with Crippen LogP contribution in [0.15, 0.2) is 52.4 Å². The number of thioether (sulfide) groups is 1. The van der Waals surface area contributed by atoms with Gasteiger partial charge in [-0.05, 0) is 60.5 Å². The van der Waals surface area contributed by atoms with Gasteiger partial charge in [-0.1, -0.05) is 42.8 Å². The van der Waals surface area contributed by atoms with Crippen LogP contribution in [-0.2, 0) is 4.79 Å². The second kappa shape index (κ2) is 13.2. The summed E-state index contributed by atoms with van der Waals surface area (Å²) in [4.78, 5) is 19.1. The maximum atomic E-state index is 11.8. The number of amidine groups is 1. The molecule has 0 aliphatic rings. The van der Waals surface area contributed by atoms with Gasteiger partial charge < -0.3 is 14.7 Å². The van der Waals surface area contributed by atoms with Gasteiger partial charge in [-0.3, -0.25) is 9.79 Å². The zero-order valence-electron chi connectivity index (χ0n) is 18.2. The number of hydrogen-bond donors (Lipinski definition) is 1. The highest BCUT2D eigenvalue weighted by Crippen LogP contribution is 2.29. The van der Waals surface area contributed by atoms with Gasteiger partial charge in [0.05, 0.1) is 16.5 Å². The molecule has 0 saturated carbocycles. The van der Waals surface area contributed by atoms with Gasteiger partial charge in [0.25, 0.3) is 0 Å². The predicted molar refractivity (Wildman–Crippen MR) is 132 cm³/mol. The third-order valence-corrected chi connectivity index (χ3v) is 5.72. The van der Waals surface area contributed by atoms with Gasteiger partial charge in [0.2, 0.25) is 0 Å². The average Bonchev–Trinajstić information content (AvgIpc) is 2.77. The maximum Gasteiger partial charge on any atom is 0.168 e. The molecule has 0 spiro atoms. The van der Waals surface area contributed by atoms with Crippen LogP contribution in [-0.4, -0.2) is 43.4 Å². The number of aliphatic imine (C=N–C) groups is 1. The Bertz CT molecular complexity index is 931. The molecule has 2 aromatic rings. The molecule has 0 aromatic heterocycles. The average molecular weight is 461 g/mol. The highest BCUT2D eigenvalue weighted by atomic mass is 35.5. The van der Waals surface area contributed by atoms with E-state index in [1.807, 2.05) is 36.2 Å². The number of nitrogens with zero attached hydrogens (tertiary/aromatic N) is 2. The minimum absolute atomic E-state index is 0.0667. The Kier molecular flexibility index (Phi) is 10.6. The van der Waals surface area contributed by atoms with E-state index in [2.05, 4.69) is 19.9 Å². The first kappa shape index (κ1) is 25.0. The molecule has 0 heterocycles. The zero-order valence-corrected chi connectivity index (χ0v) is 19.7. The molecule has 0 atom stereocenters. The minimum Gasteiger partial charge on any atom is -0.492 e. The van der Waals surface area contributed by atoms with Crippen molar-refractivity contribution in [1.29, 1.82) is 0 Å². The van der Waals surface area contributed by atoms with E-state index in [0.29, 0.717) is 35.2 Å². The number of para-hydroxylation sites is 1. The fraction of sp³-hybridized carbons (Fsp3) is 0.333. The normalized spacial score (nSPS) is 12.0. The molecule has 0 aliphatic heterocycles. The van der Waals surface area contributed by atoms with E-state index in [-0.39, 0.29) is 6.61 Å². The van der Waals surface area contributed by atoms with Crippen molar-refractivity contribution in [2.75, 3.05) is 31.7 Å². The number of halogens is 1. The van der Waals surface area contributed by atoms with Gasteiger partial charge >= 0.3 is 0 Å². The minimum atomic E-state index is 0.0667. The number of benzene rings is 2. The Labute approximate surface area is 193 Å². The van der Waals surface area contributed by atoms with E-state index in [9.17, 15) is 4.79 Å². The van der Waals surface area contributed by atoms with Crippen molar-refractivity contribution in [2.24, 2.45) is 4.99 Å². The van der Waals surface area contributed by atoms with Crippen molar-refractivity contribution in [3.05, 3.63) is 63.5 Å². The second-order valence-electron chi connectivity index (χ2n) is 6.89. The number of carbonyl (C=O) groups is 1. The number of hydrogen-bond acceptors (Lipinski definition) is 5. The van der Waals surface area contributed by atoms with Crippen LogP contribution in [0.5, 0.6) is 5.75 Å². The van der Waals surface area contributed by atoms with Gasteiger partial charge in [0.15, 0.2) is 11.5 Å². The molecule has 0 bridgehead atoms. The lowest BCUT2D eigenvalue weighted by molar-refractivity contribution is -0.104. The van der Waals surface area contributed by atoms with E-state index >= 15 is 0 Å². The third kappa shape index (κ3) is 7.73. The lowest BCUT2D eigenvalue weighted by Gasteiger charge is -2.22. The number of rotatable bonds is 10. The van der Waals surface area contributed by atoms with Crippen LogP contribution in [0.1, 0.15) is 30.9 Å². The van der Waals surface area contributed by atoms with Crippen molar-refractivity contribution in [1.82, 2.24) is 0 Å². The first-order valence-corrected chi connectivity index (χ1v) is 11.4. The Morgan fingerprint density at radius 3 is 2.71 bits per heavy atom. The van der Waals surface area contributed by atoms with Gasteiger partial charge in [0.1, 0.15) is 5.75 Å². The summed E-state index contributed by atoms with van der Waals surface area (Å²) < 4.78 is 5.55. The van der Waals surface area contributed by atoms with Crippen LogP contribution in [0.25, 0.3) is 6.08 Å². The molecule has 5 nitrogen and oxygen atoms in total. The molecule has 2 aromatic carbocycles. The Morgan fingerprint density at radius 2 is 2.06 bits per heavy atom. The molecule has 1 N–H and O–H groups in total. The summed E-state index contributed by atoms with van der Waals surface area (Å²) in [6, 6.07) is 13.5. The molecule has 0 amide bonds. The molecule has 0 unspecified atom stereocenters. The summed E-state index contributed by atoms with van der Waals surface area (Å²) >= 11 is 7.64. The Morgan fingerprint density at radius 1 is 1.29 bits per heavy atom. The van der Waals surface area contributed by atoms with Crippen molar-refractivity contribution in [3.63, 3.8) is 0 Å². The van der Waals surface area contributed by atoms with E-state index in [1.165, 1.54) is 11.8 Å². The van der Waals surface area contributed by atoms with Crippen molar-refractivity contribution >= 4 is 46.6 Å². The lowest BCUT2D eigenvalue weighted by Crippen LogP contribution is -2.25. The summed E-state index contributed by atoms with van der Waals surface area (Å²) in [7, 11) is 1.96. The highest BCUT2D eigenvalue weighted by molar-refractivity contribution is 8.18. The first-order valence-electron chi connectivity index (χ1n) is 10.2. The van der Waals surface area contributed by atoms with Crippen LogP contribution >= 0.6 is 23.4 Å². The standard InChI is InChI=1S/C24H29ClN2O3S/c1-4-12-26-24(27(3)22-9-6-5-8-18(22)2)31-20(17-29)15-19-10-11-23(21(25)16-19)30-14-7-13-28/h5-6,8-11,15-17,28H,4,7,12-14H2,1-3H3/b20-15-,26-24-. The quantitative estimate of drug-likeness (QED) is 0.165. The lowest BCUT2D eigenvalue weighted by atomic mass is 10.2. The van der Waals surface area contributed by atoms with E-state index in [4.69, 9.17) is 26.4 Å². The number of aliphatic hydroxyl groups excluding tert-OH is 1. The smallest absolute Gasteiger partial charge is 0.168 e. The molecule has 166 valence electrons. The topological polar surface area (TPSA) is 62.1 Å². The van der Waals surface area contributed by atoms with E-state index in [0.717, 1.165) is 34.7 Å². The zero-order chi connectivity index (χ0) is 22.6. The molecule has 0 saturated heterocycles. The number of allylic oxidation sites excluding steroid dienone is 1. The maximum absolute atomic E-state index is 11.8. The summed E-state index contributed by atoms with van der Waals surface area (Å²) in [5, 5.41) is 10.1. The summed E-state index contributed by atoms with van der Waals surface area (Å²) in [6.45, 7) is 5.26. The van der Waals surface area contributed by atoms with Crippen molar-refractivity contribution in [3.8, 4) is 5.75 Å². The van der Waals surface area contributed by atoms with Crippen LogP contribution in [0.4, 0.5) is 5.69 Å². The molecule has 0 aliphatic carbocycles. The number of aryl methyl sites for hydroxylation is 1. The van der Waals surface area contributed by atoms with Crippen LogP contribution in [0, 0.1) is 6.92 Å². The fourth-order valence-electron chi connectivity index (χ4n) is 2.78. The van der Waals surface area contributed by atoms with E-state index < -0.39 is 0 Å². The summed E-state index contributed by atoms with van der Waals surface area (Å²) in [5.41, 5.74) is 2.97. The van der Waals surface area contributed by atoms with Crippen LogP contribution < -0.4 is 9.64 Å². The predicted octanol–water partition coefficient (Wildman–Crippen LogP) is 5.59. The molecule has 0 fully saturated rings. The largest absolute Gasteiger partial charge is 0.492 e. The van der Waals surface area contributed by atoms with Gasteiger partial charge in [-0.15, -0.1) is 0 Å². The third-order valence-electron chi connectivity index (χ3n) is 4.38. The molecular formula is C24H29ClN2O3S.